The van der Waals surface area contributed by atoms with E-state index in [0.717, 1.165) is 32.1 Å². The summed E-state index contributed by atoms with van der Waals surface area (Å²) < 4.78 is 5.59. The first kappa shape index (κ1) is 17.7. The molecule has 0 spiro atoms. The lowest BCUT2D eigenvalue weighted by Crippen LogP contribution is -2.71. The van der Waals surface area contributed by atoms with Gasteiger partial charge in [0.15, 0.2) is 0 Å². The fraction of sp³-hybridized carbons (Fsp3) is 0.933. The number of carbonyl (C=O) groups excluding carboxylic acids is 1. The Balaban J connectivity index is 0.00000200. The summed E-state index contributed by atoms with van der Waals surface area (Å²) in [5, 5.41) is 3.16. The topological polar surface area (TPSA) is 64.3 Å². The van der Waals surface area contributed by atoms with Crippen molar-refractivity contribution in [3.05, 3.63) is 0 Å². The molecular weight excluding hydrogens is 276 g/mol. The minimum Gasteiger partial charge on any atom is -0.378 e. The molecule has 1 amide bonds. The van der Waals surface area contributed by atoms with Crippen LogP contribution in [0.3, 0.4) is 0 Å². The van der Waals surface area contributed by atoms with Crippen molar-refractivity contribution in [2.75, 3.05) is 7.11 Å². The van der Waals surface area contributed by atoms with Crippen LogP contribution in [0.15, 0.2) is 0 Å². The van der Waals surface area contributed by atoms with Crippen LogP contribution in [0, 0.1) is 5.41 Å². The highest BCUT2D eigenvalue weighted by Gasteiger charge is 2.58. The molecule has 20 heavy (non-hydrogen) atoms. The third-order valence-electron chi connectivity index (χ3n) is 5.78. The molecule has 2 saturated carbocycles. The molecule has 2 fully saturated rings. The highest BCUT2D eigenvalue weighted by molar-refractivity contribution is 5.86. The maximum absolute atomic E-state index is 12.4. The zero-order valence-electron chi connectivity index (χ0n) is 13.1. The molecule has 3 N–H and O–H groups in total. The summed E-state index contributed by atoms with van der Waals surface area (Å²) in [6.07, 6.45) is 5.81. The first-order valence-corrected chi connectivity index (χ1v) is 7.40. The third kappa shape index (κ3) is 2.70. The van der Waals surface area contributed by atoms with E-state index in [2.05, 4.69) is 26.1 Å². The van der Waals surface area contributed by atoms with Crippen molar-refractivity contribution in [3.8, 4) is 0 Å². The van der Waals surface area contributed by atoms with E-state index in [1.165, 1.54) is 6.42 Å². The number of amides is 1. The van der Waals surface area contributed by atoms with Gasteiger partial charge in [-0.15, -0.1) is 12.4 Å². The largest absolute Gasteiger partial charge is 0.378 e. The number of rotatable bonds is 3. The molecule has 0 bridgehead atoms. The molecule has 0 aliphatic heterocycles. The van der Waals surface area contributed by atoms with E-state index >= 15 is 0 Å². The monoisotopic (exact) mass is 304 g/mol. The van der Waals surface area contributed by atoms with Crippen molar-refractivity contribution < 1.29 is 9.53 Å². The number of ether oxygens (including phenoxy) is 1. The molecule has 2 rings (SSSR count). The smallest absolute Gasteiger partial charge is 0.240 e. The lowest BCUT2D eigenvalue weighted by molar-refractivity contribution is -0.183. The lowest BCUT2D eigenvalue weighted by atomic mass is 9.55. The van der Waals surface area contributed by atoms with E-state index in [-0.39, 0.29) is 35.4 Å². The Hall–Kier alpha value is -0.320. The van der Waals surface area contributed by atoms with E-state index < -0.39 is 5.54 Å². The molecule has 0 aromatic heterocycles. The van der Waals surface area contributed by atoms with Crippen molar-refractivity contribution in [1.29, 1.82) is 0 Å². The summed E-state index contributed by atoms with van der Waals surface area (Å²) in [4.78, 5) is 12.4. The van der Waals surface area contributed by atoms with Gasteiger partial charge in [-0.3, -0.25) is 4.79 Å². The van der Waals surface area contributed by atoms with Crippen molar-refractivity contribution in [3.63, 3.8) is 0 Å². The molecule has 4 nitrogen and oxygen atoms in total. The zero-order chi connectivity index (χ0) is 14.3. The van der Waals surface area contributed by atoms with Crippen molar-refractivity contribution in [2.24, 2.45) is 11.1 Å². The molecular formula is C15H29ClN2O2. The first-order valence-electron chi connectivity index (χ1n) is 7.40. The van der Waals surface area contributed by atoms with Gasteiger partial charge in [0, 0.05) is 18.6 Å². The average Bonchev–Trinajstić information content (AvgIpc) is 2.38. The van der Waals surface area contributed by atoms with Crippen molar-refractivity contribution in [1.82, 2.24) is 5.32 Å². The molecule has 0 radical (unpaired) electrons. The summed E-state index contributed by atoms with van der Waals surface area (Å²) in [5.74, 6) is 0.0310. The van der Waals surface area contributed by atoms with Gasteiger partial charge in [-0.2, -0.15) is 0 Å². The third-order valence-corrected chi connectivity index (χ3v) is 5.78. The van der Waals surface area contributed by atoms with E-state index in [0.29, 0.717) is 0 Å². The number of nitrogens with two attached hydrogens (primary N) is 1. The van der Waals surface area contributed by atoms with Gasteiger partial charge in [0.25, 0.3) is 0 Å². The predicted molar refractivity (Wildman–Crippen MR) is 83.0 cm³/mol. The van der Waals surface area contributed by atoms with Gasteiger partial charge in [-0.1, -0.05) is 33.1 Å². The lowest BCUT2D eigenvalue weighted by Gasteiger charge is -2.59. The van der Waals surface area contributed by atoms with Crippen LogP contribution in [0.1, 0.15) is 59.3 Å². The Morgan fingerprint density at radius 1 is 1.20 bits per heavy atom. The second-order valence-corrected chi connectivity index (χ2v) is 7.10. The molecule has 118 valence electrons. The maximum Gasteiger partial charge on any atom is 0.240 e. The standard InChI is InChI=1S/C15H28N2O2.ClH/c1-13(2)11(10-14(13,3)19-4)17-12(18)15(16)8-6-5-7-9-15;/h11H,5-10,16H2,1-4H3,(H,17,18);1H. The highest BCUT2D eigenvalue weighted by atomic mass is 35.5. The Kier molecular flexibility index (Phi) is 5.16. The van der Waals surface area contributed by atoms with Crippen LogP contribution in [0.4, 0.5) is 0 Å². The fourth-order valence-corrected chi connectivity index (χ4v) is 3.43. The Labute approximate surface area is 128 Å². The van der Waals surface area contributed by atoms with Crippen molar-refractivity contribution in [2.45, 2.75) is 76.5 Å². The minimum atomic E-state index is -0.645. The predicted octanol–water partition coefficient (Wildman–Crippen LogP) is 2.39. The molecule has 0 saturated heterocycles. The number of methoxy groups -OCH3 is 1. The van der Waals surface area contributed by atoms with Crippen LogP contribution in [-0.2, 0) is 9.53 Å². The molecule has 0 aromatic carbocycles. The summed E-state index contributed by atoms with van der Waals surface area (Å²) >= 11 is 0. The number of nitrogens with one attached hydrogen (secondary N) is 1. The molecule has 2 aliphatic carbocycles. The second kappa shape index (κ2) is 5.82. The maximum atomic E-state index is 12.4. The van der Waals surface area contributed by atoms with Gasteiger partial charge >= 0.3 is 0 Å². The molecule has 5 heteroatoms. The van der Waals surface area contributed by atoms with Gasteiger partial charge in [0.1, 0.15) is 0 Å². The van der Waals surface area contributed by atoms with Crippen LogP contribution < -0.4 is 11.1 Å². The minimum absolute atomic E-state index is 0. The molecule has 0 heterocycles. The number of carbonyl (C=O) groups is 1. The van der Waals surface area contributed by atoms with E-state index in [9.17, 15) is 4.79 Å². The van der Waals surface area contributed by atoms with Gasteiger partial charge < -0.3 is 15.8 Å². The Morgan fingerprint density at radius 3 is 2.20 bits per heavy atom. The normalized spacial score (nSPS) is 34.5. The number of hydrogen-bond acceptors (Lipinski definition) is 3. The fourth-order valence-electron chi connectivity index (χ4n) is 3.43. The van der Waals surface area contributed by atoms with Gasteiger partial charge in [-0.05, 0) is 26.2 Å². The van der Waals surface area contributed by atoms with Crippen molar-refractivity contribution >= 4 is 18.3 Å². The first-order chi connectivity index (χ1) is 8.75. The van der Waals surface area contributed by atoms with Crippen LogP contribution in [0.5, 0.6) is 0 Å². The second-order valence-electron chi connectivity index (χ2n) is 7.10. The molecule has 2 aliphatic rings. The number of hydrogen-bond donors (Lipinski definition) is 2. The summed E-state index contributed by atoms with van der Waals surface area (Å²) in [6, 6.07) is 0.160. The number of halogens is 1. The van der Waals surface area contributed by atoms with E-state index in [1.54, 1.807) is 7.11 Å². The van der Waals surface area contributed by atoms with Gasteiger partial charge in [-0.25, -0.2) is 0 Å². The van der Waals surface area contributed by atoms with Gasteiger partial charge in [0.2, 0.25) is 5.91 Å². The van der Waals surface area contributed by atoms with E-state index in [4.69, 9.17) is 10.5 Å². The van der Waals surface area contributed by atoms with E-state index in [1.807, 2.05) is 0 Å². The summed E-state index contributed by atoms with van der Waals surface area (Å²) in [6.45, 7) is 6.40. The van der Waals surface area contributed by atoms with Crippen LogP contribution in [0.2, 0.25) is 0 Å². The van der Waals surface area contributed by atoms with Crippen LogP contribution in [-0.4, -0.2) is 30.2 Å². The SMILES string of the molecule is COC1(C)CC(NC(=O)C2(N)CCCCC2)C1(C)C.Cl. The Morgan fingerprint density at radius 2 is 1.75 bits per heavy atom. The quantitative estimate of drug-likeness (QED) is 0.841. The van der Waals surface area contributed by atoms with Gasteiger partial charge in [0.05, 0.1) is 11.1 Å². The average molecular weight is 305 g/mol. The summed E-state index contributed by atoms with van der Waals surface area (Å²) in [5.41, 5.74) is 5.42. The highest BCUT2D eigenvalue weighted by Crippen LogP contribution is 2.51. The molecule has 2 atom stereocenters. The van der Waals surface area contributed by atoms with Crippen LogP contribution >= 0.6 is 12.4 Å². The molecule has 0 aromatic rings. The summed E-state index contributed by atoms with van der Waals surface area (Å²) in [7, 11) is 1.74. The Bertz CT molecular complexity index is 367. The molecule has 2 unspecified atom stereocenters. The zero-order valence-corrected chi connectivity index (χ0v) is 13.9. The van der Waals surface area contributed by atoms with Crippen LogP contribution in [0.25, 0.3) is 0 Å².